The van der Waals surface area contributed by atoms with E-state index in [1.54, 1.807) is 0 Å². The van der Waals surface area contributed by atoms with Gasteiger partial charge in [0.05, 0.1) is 0 Å². The van der Waals surface area contributed by atoms with Gasteiger partial charge in [-0.15, -0.1) is 0 Å². The van der Waals surface area contributed by atoms with Crippen molar-refractivity contribution >= 4 is 44.7 Å². The van der Waals surface area contributed by atoms with E-state index in [9.17, 15) is 0 Å². The first-order valence-corrected chi connectivity index (χ1v) is 21.3. The van der Waals surface area contributed by atoms with Gasteiger partial charge in [-0.1, -0.05) is 188 Å². The van der Waals surface area contributed by atoms with Crippen LogP contribution >= 0.6 is 0 Å². The molecule has 0 amide bonds. The second kappa shape index (κ2) is 15.8. The van der Waals surface area contributed by atoms with Crippen LogP contribution in [-0.2, 0) is 6.42 Å². The lowest BCUT2D eigenvalue weighted by atomic mass is 9.85. The first-order valence-electron chi connectivity index (χ1n) is 21.3. The molecule has 0 aromatic heterocycles. The molecular formula is C60H43N. The van der Waals surface area contributed by atoms with Gasteiger partial charge in [0.2, 0.25) is 0 Å². The Balaban J connectivity index is 0.986. The quantitative estimate of drug-likeness (QED) is 0.149. The Morgan fingerprint density at radius 2 is 0.820 bits per heavy atom. The molecule has 0 saturated carbocycles. The minimum absolute atomic E-state index is 1.05. The Labute approximate surface area is 358 Å². The molecule has 1 aliphatic rings. The maximum atomic E-state index is 2.39. The average Bonchev–Trinajstić information content (AvgIpc) is 3.35. The van der Waals surface area contributed by atoms with Gasteiger partial charge in [-0.3, -0.25) is 0 Å². The highest BCUT2D eigenvalue weighted by atomic mass is 15.1. The van der Waals surface area contributed by atoms with E-state index < -0.39 is 0 Å². The molecule has 0 heterocycles. The van der Waals surface area contributed by atoms with E-state index >= 15 is 0 Å². The van der Waals surface area contributed by atoms with E-state index in [0.717, 1.165) is 29.9 Å². The minimum Gasteiger partial charge on any atom is -0.311 e. The van der Waals surface area contributed by atoms with E-state index in [-0.39, 0.29) is 0 Å². The fraction of sp³-hybridized carbons (Fsp3) is 0.0333. The summed E-state index contributed by atoms with van der Waals surface area (Å²) in [6.07, 6.45) is 6.77. The Morgan fingerprint density at radius 3 is 1.51 bits per heavy atom. The van der Waals surface area contributed by atoms with Gasteiger partial charge in [-0.2, -0.15) is 0 Å². The van der Waals surface area contributed by atoms with Crippen LogP contribution in [0.3, 0.4) is 0 Å². The molecule has 11 rings (SSSR count). The number of nitrogens with zero attached hydrogens (tertiary/aromatic N) is 1. The Kier molecular flexibility index (Phi) is 9.41. The number of benzene rings is 10. The number of fused-ring (bicyclic) bond motifs is 4. The Hall–Kier alpha value is -7.74. The molecule has 1 heteroatoms. The van der Waals surface area contributed by atoms with Crippen LogP contribution in [-0.4, -0.2) is 0 Å². The molecule has 0 bridgehead atoms. The third-order valence-corrected chi connectivity index (χ3v) is 12.4. The van der Waals surface area contributed by atoms with Crippen molar-refractivity contribution in [1.29, 1.82) is 0 Å². The van der Waals surface area contributed by atoms with Crippen LogP contribution in [0, 0.1) is 0 Å². The predicted molar refractivity (Wildman–Crippen MR) is 261 cm³/mol. The van der Waals surface area contributed by atoms with Gasteiger partial charge in [0, 0.05) is 17.1 Å². The molecule has 288 valence electrons. The van der Waals surface area contributed by atoms with Gasteiger partial charge in [0.25, 0.3) is 0 Å². The van der Waals surface area contributed by atoms with Gasteiger partial charge >= 0.3 is 0 Å². The first-order chi connectivity index (χ1) is 30.2. The van der Waals surface area contributed by atoms with Crippen molar-refractivity contribution in [2.45, 2.75) is 12.8 Å². The predicted octanol–water partition coefficient (Wildman–Crippen LogP) is 16.8. The summed E-state index contributed by atoms with van der Waals surface area (Å²) in [4.78, 5) is 2.37. The van der Waals surface area contributed by atoms with Crippen LogP contribution in [0.25, 0.3) is 83.3 Å². The SMILES string of the molecule is C1=Cc2c(c(-c3ccc(N(c4ccc(-c5ccccc5)cc4)c4ccc(-c5ccc(-c6cccc7ccccc67)c(-c6ccccc6)c5)cc4)cc3)cc3ccccc23)CC1. The van der Waals surface area contributed by atoms with Crippen LogP contribution in [0.5, 0.6) is 0 Å². The van der Waals surface area contributed by atoms with E-state index in [1.165, 1.54) is 88.3 Å². The standard InChI is InChI=1S/C60H43N/c1-3-14-42(15-4-1)43-26-33-50(34-27-43)61(52-37-30-47(31-38-52)60-41-49-19-8-10-22-54(49)55-23-11-12-24-57(55)60)51-35-28-44(29-36-51)48-32-39-58(59(40-48)46-16-5-2-6-17-46)56-25-13-20-45-18-7-9-21-53(45)56/h1-11,13-23,25-41H,12,24H2. The molecule has 1 nitrogen and oxygen atoms in total. The number of hydrogen-bond acceptors (Lipinski definition) is 1. The highest BCUT2D eigenvalue weighted by Crippen LogP contribution is 2.42. The molecule has 0 atom stereocenters. The van der Waals surface area contributed by atoms with Crippen LogP contribution in [0.15, 0.2) is 231 Å². The second-order valence-corrected chi connectivity index (χ2v) is 16.0. The summed E-state index contributed by atoms with van der Waals surface area (Å²) < 4.78 is 0. The summed E-state index contributed by atoms with van der Waals surface area (Å²) in [5, 5.41) is 5.13. The van der Waals surface area contributed by atoms with E-state index in [4.69, 9.17) is 0 Å². The largest absolute Gasteiger partial charge is 0.311 e. The van der Waals surface area contributed by atoms with Gasteiger partial charge in [-0.25, -0.2) is 0 Å². The molecule has 0 aliphatic heterocycles. The normalized spacial score (nSPS) is 12.1. The lowest BCUT2D eigenvalue weighted by Gasteiger charge is -2.26. The van der Waals surface area contributed by atoms with Gasteiger partial charge in [-0.05, 0) is 150 Å². The summed E-state index contributed by atoms with van der Waals surface area (Å²) in [6, 6.07) is 82.0. The molecular weight excluding hydrogens is 735 g/mol. The molecule has 0 unspecified atom stereocenters. The second-order valence-electron chi connectivity index (χ2n) is 16.0. The molecule has 0 N–H and O–H groups in total. The molecule has 0 spiro atoms. The van der Waals surface area contributed by atoms with Crippen molar-refractivity contribution in [3.63, 3.8) is 0 Å². The number of rotatable bonds is 8. The van der Waals surface area contributed by atoms with Crippen LogP contribution in [0.4, 0.5) is 17.1 Å². The third kappa shape index (κ3) is 6.91. The van der Waals surface area contributed by atoms with Crippen LogP contribution < -0.4 is 4.90 Å². The van der Waals surface area contributed by atoms with Crippen molar-refractivity contribution in [1.82, 2.24) is 0 Å². The summed E-state index contributed by atoms with van der Waals surface area (Å²) in [5.41, 5.74) is 18.4. The topological polar surface area (TPSA) is 3.24 Å². The van der Waals surface area contributed by atoms with Gasteiger partial charge in [0.15, 0.2) is 0 Å². The maximum Gasteiger partial charge on any atom is 0.0462 e. The Bertz CT molecular complexity index is 3190. The monoisotopic (exact) mass is 777 g/mol. The van der Waals surface area contributed by atoms with Crippen molar-refractivity contribution in [2.24, 2.45) is 0 Å². The first kappa shape index (κ1) is 36.3. The van der Waals surface area contributed by atoms with Gasteiger partial charge < -0.3 is 4.90 Å². The number of allylic oxidation sites excluding steroid dienone is 1. The average molecular weight is 778 g/mol. The zero-order valence-corrected chi connectivity index (χ0v) is 33.9. The molecule has 10 aromatic rings. The Morgan fingerprint density at radius 1 is 0.311 bits per heavy atom. The smallest absolute Gasteiger partial charge is 0.0462 e. The highest BCUT2D eigenvalue weighted by Gasteiger charge is 2.18. The third-order valence-electron chi connectivity index (χ3n) is 12.4. The van der Waals surface area contributed by atoms with E-state index in [2.05, 4.69) is 242 Å². The zero-order valence-electron chi connectivity index (χ0n) is 33.9. The summed E-state index contributed by atoms with van der Waals surface area (Å²) >= 11 is 0. The van der Waals surface area contributed by atoms with Gasteiger partial charge in [0.1, 0.15) is 0 Å². The molecule has 1 aliphatic carbocycles. The molecule has 0 radical (unpaired) electrons. The molecule has 0 fully saturated rings. The fourth-order valence-corrected chi connectivity index (χ4v) is 9.31. The van der Waals surface area contributed by atoms with E-state index in [1.807, 2.05) is 0 Å². The summed E-state index contributed by atoms with van der Waals surface area (Å²) in [7, 11) is 0. The number of anilines is 3. The fourth-order valence-electron chi connectivity index (χ4n) is 9.31. The lowest BCUT2D eigenvalue weighted by Crippen LogP contribution is -2.10. The van der Waals surface area contributed by atoms with Crippen molar-refractivity contribution < 1.29 is 0 Å². The number of hydrogen-bond donors (Lipinski definition) is 0. The minimum atomic E-state index is 1.05. The molecule has 0 saturated heterocycles. The molecule has 10 aromatic carbocycles. The van der Waals surface area contributed by atoms with E-state index in [0.29, 0.717) is 0 Å². The van der Waals surface area contributed by atoms with Crippen LogP contribution in [0.2, 0.25) is 0 Å². The molecule has 61 heavy (non-hydrogen) atoms. The van der Waals surface area contributed by atoms with Crippen molar-refractivity contribution in [3.8, 4) is 55.6 Å². The summed E-state index contributed by atoms with van der Waals surface area (Å²) in [6.45, 7) is 0. The highest BCUT2D eigenvalue weighted by molar-refractivity contribution is 6.01. The van der Waals surface area contributed by atoms with Crippen molar-refractivity contribution in [3.05, 3.63) is 242 Å². The van der Waals surface area contributed by atoms with Crippen LogP contribution in [0.1, 0.15) is 17.5 Å². The zero-order chi connectivity index (χ0) is 40.5. The lowest BCUT2D eigenvalue weighted by molar-refractivity contribution is 0.992. The van der Waals surface area contributed by atoms with Crippen molar-refractivity contribution in [2.75, 3.05) is 4.90 Å². The maximum absolute atomic E-state index is 2.39. The summed E-state index contributed by atoms with van der Waals surface area (Å²) in [5.74, 6) is 0.